The van der Waals surface area contributed by atoms with E-state index in [4.69, 9.17) is 11.5 Å². The van der Waals surface area contributed by atoms with Crippen LogP contribution < -0.4 is 16.8 Å². The number of rotatable bonds is 8. The van der Waals surface area contributed by atoms with Gasteiger partial charge in [-0.15, -0.1) is 0 Å². The highest BCUT2D eigenvalue weighted by Crippen LogP contribution is 2.46. The fourth-order valence-electron chi connectivity index (χ4n) is 3.81. The first-order chi connectivity index (χ1) is 11.2. The van der Waals surface area contributed by atoms with Gasteiger partial charge in [-0.3, -0.25) is 14.4 Å². The lowest BCUT2D eigenvalue weighted by Crippen LogP contribution is -2.68. The molecule has 0 aromatic heterocycles. The first-order valence-electron chi connectivity index (χ1n) is 8.87. The largest absolute Gasteiger partial charge is 0.370 e. The first kappa shape index (κ1) is 18.7. The number of hydrogen-bond acceptors (Lipinski definition) is 4. The number of hydrogen-bond donors (Lipinski definition) is 3. The second kappa shape index (κ2) is 7.51. The van der Waals surface area contributed by atoms with Crippen LogP contribution in [0.15, 0.2) is 0 Å². The van der Waals surface area contributed by atoms with Crippen LogP contribution in [0, 0.1) is 11.3 Å². The van der Waals surface area contributed by atoms with Crippen LogP contribution in [-0.2, 0) is 14.4 Å². The van der Waals surface area contributed by atoms with Gasteiger partial charge in [0.25, 0.3) is 0 Å². The van der Waals surface area contributed by atoms with Gasteiger partial charge in [0, 0.05) is 19.0 Å². The SMILES string of the molecule is CC(C)CNC1CCC2(CC1)CN(C(CCC(N)=O)C(N)=O)C2=O. The van der Waals surface area contributed by atoms with Gasteiger partial charge >= 0.3 is 0 Å². The third kappa shape index (κ3) is 4.06. The quantitative estimate of drug-likeness (QED) is 0.545. The minimum Gasteiger partial charge on any atom is -0.370 e. The smallest absolute Gasteiger partial charge is 0.240 e. The maximum atomic E-state index is 12.7. The number of carbonyl (C=O) groups is 3. The summed E-state index contributed by atoms with van der Waals surface area (Å²) in [6, 6.07) is -0.242. The summed E-state index contributed by atoms with van der Waals surface area (Å²) in [4.78, 5) is 36.8. The third-order valence-corrected chi connectivity index (χ3v) is 5.31. The standard InChI is InChI=1S/C17H30N4O3/c1-11(2)9-20-12-5-7-17(8-6-12)10-21(16(17)24)13(15(19)23)3-4-14(18)22/h11-13,20H,3-10H2,1-2H3,(H2,18,22)(H2,19,23). The number of β-lactam (4-membered cyclic amide) rings is 1. The zero-order valence-corrected chi connectivity index (χ0v) is 14.7. The first-order valence-corrected chi connectivity index (χ1v) is 8.87. The molecule has 136 valence electrons. The summed E-state index contributed by atoms with van der Waals surface area (Å²) in [6.07, 6.45) is 3.93. The van der Waals surface area contributed by atoms with E-state index in [1.165, 1.54) is 4.90 Å². The van der Waals surface area contributed by atoms with Crippen LogP contribution in [0.25, 0.3) is 0 Å². The average molecular weight is 338 g/mol. The average Bonchev–Trinajstić information content (AvgIpc) is 2.52. The van der Waals surface area contributed by atoms with Gasteiger partial charge in [0.05, 0.1) is 5.41 Å². The topological polar surface area (TPSA) is 119 Å². The zero-order valence-electron chi connectivity index (χ0n) is 14.7. The Morgan fingerprint density at radius 2 is 1.92 bits per heavy atom. The Labute approximate surface area is 143 Å². The second-order valence-electron chi connectivity index (χ2n) is 7.71. The lowest BCUT2D eigenvalue weighted by atomic mass is 9.66. The van der Waals surface area contributed by atoms with Crippen LogP contribution >= 0.6 is 0 Å². The number of amides is 3. The highest BCUT2D eigenvalue weighted by Gasteiger charge is 2.55. The van der Waals surface area contributed by atoms with Crippen molar-refractivity contribution in [1.82, 2.24) is 10.2 Å². The second-order valence-corrected chi connectivity index (χ2v) is 7.71. The summed E-state index contributed by atoms with van der Waals surface area (Å²) in [5.74, 6) is -0.422. The molecule has 1 aliphatic carbocycles. The minimum absolute atomic E-state index is 0.0121. The Morgan fingerprint density at radius 1 is 1.29 bits per heavy atom. The number of nitrogens with zero attached hydrogens (tertiary/aromatic N) is 1. The molecule has 1 aliphatic heterocycles. The van der Waals surface area contributed by atoms with Gasteiger partial charge in [-0.2, -0.15) is 0 Å². The van der Waals surface area contributed by atoms with Gasteiger partial charge in [0.1, 0.15) is 6.04 Å². The van der Waals surface area contributed by atoms with Crippen molar-refractivity contribution in [3.63, 3.8) is 0 Å². The Balaban J connectivity index is 1.87. The van der Waals surface area contributed by atoms with Crippen LogP contribution in [0.3, 0.4) is 0 Å². The molecule has 7 heteroatoms. The Kier molecular flexibility index (Phi) is 5.85. The summed E-state index contributed by atoms with van der Waals surface area (Å²) < 4.78 is 0. The van der Waals surface area contributed by atoms with E-state index < -0.39 is 17.9 Å². The molecule has 0 radical (unpaired) electrons. The molecule has 1 atom stereocenters. The van der Waals surface area contributed by atoms with Gasteiger partial charge in [-0.1, -0.05) is 13.8 Å². The van der Waals surface area contributed by atoms with E-state index in [0.29, 0.717) is 18.5 Å². The fourth-order valence-corrected chi connectivity index (χ4v) is 3.81. The van der Waals surface area contributed by atoms with Crippen LogP contribution in [0.4, 0.5) is 0 Å². The molecule has 2 fully saturated rings. The lowest BCUT2D eigenvalue weighted by molar-refractivity contribution is -0.171. The lowest BCUT2D eigenvalue weighted by Gasteiger charge is -2.54. The number of nitrogens with one attached hydrogen (secondary N) is 1. The highest BCUT2D eigenvalue weighted by molar-refractivity contribution is 5.94. The van der Waals surface area contributed by atoms with E-state index in [0.717, 1.165) is 32.2 Å². The number of nitrogens with two attached hydrogens (primary N) is 2. The minimum atomic E-state index is -0.715. The molecule has 0 aromatic carbocycles. The Bertz CT molecular complexity index is 498. The van der Waals surface area contributed by atoms with Gasteiger partial charge in [-0.25, -0.2) is 0 Å². The van der Waals surface area contributed by atoms with E-state index in [9.17, 15) is 14.4 Å². The van der Waals surface area contributed by atoms with Crippen molar-refractivity contribution in [2.24, 2.45) is 22.8 Å². The van der Waals surface area contributed by atoms with Gasteiger partial charge in [0.2, 0.25) is 17.7 Å². The molecular formula is C17H30N4O3. The molecule has 2 aliphatic rings. The van der Waals surface area contributed by atoms with Crippen molar-refractivity contribution in [2.75, 3.05) is 13.1 Å². The molecule has 1 heterocycles. The predicted octanol–water partition coefficient (Wildman–Crippen LogP) is 0.123. The summed E-state index contributed by atoms with van der Waals surface area (Å²) in [6.45, 7) is 5.92. The van der Waals surface area contributed by atoms with Crippen molar-refractivity contribution >= 4 is 17.7 Å². The van der Waals surface area contributed by atoms with Crippen LogP contribution in [-0.4, -0.2) is 47.8 Å². The van der Waals surface area contributed by atoms with Crippen molar-refractivity contribution < 1.29 is 14.4 Å². The fraction of sp³-hybridized carbons (Fsp3) is 0.824. The van der Waals surface area contributed by atoms with Gasteiger partial charge in [-0.05, 0) is 44.6 Å². The van der Waals surface area contributed by atoms with Crippen LogP contribution in [0.5, 0.6) is 0 Å². The highest BCUT2D eigenvalue weighted by atomic mass is 16.2. The Morgan fingerprint density at radius 3 is 2.38 bits per heavy atom. The molecule has 2 rings (SSSR count). The van der Waals surface area contributed by atoms with E-state index in [1.54, 1.807) is 0 Å². The van der Waals surface area contributed by atoms with Crippen molar-refractivity contribution in [3.05, 3.63) is 0 Å². The van der Waals surface area contributed by atoms with Crippen molar-refractivity contribution in [2.45, 2.75) is 64.5 Å². The Hall–Kier alpha value is -1.63. The van der Waals surface area contributed by atoms with Gasteiger partial charge in [0.15, 0.2) is 0 Å². The normalized spacial score (nSPS) is 28.0. The summed E-state index contributed by atoms with van der Waals surface area (Å²) in [7, 11) is 0. The summed E-state index contributed by atoms with van der Waals surface area (Å²) in [5.41, 5.74) is 10.2. The number of primary amides is 2. The summed E-state index contributed by atoms with van der Waals surface area (Å²) in [5, 5.41) is 3.56. The van der Waals surface area contributed by atoms with E-state index in [-0.39, 0.29) is 24.2 Å². The molecule has 1 saturated carbocycles. The molecule has 3 amide bonds. The molecule has 1 unspecified atom stereocenters. The monoisotopic (exact) mass is 338 g/mol. The number of carbonyl (C=O) groups excluding carboxylic acids is 3. The molecular weight excluding hydrogens is 308 g/mol. The van der Waals surface area contributed by atoms with Gasteiger partial charge < -0.3 is 21.7 Å². The maximum Gasteiger partial charge on any atom is 0.240 e. The molecule has 1 spiro atoms. The molecule has 1 saturated heterocycles. The maximum absolute atomic E-state index is 12.7. The van der Waals surface area contributed by atoms with Crippen molar-refractivity contribution in [1.29, 1.82) is 0 Å². The molecule has 0 bridgehead atoms. The molecule has 24 heavy (non-hydrogen) atoms. The zero-order chi connectivity index (χ0) is 17.9. The van der Waals surface area contributed by atoms with E-state index >= 15 is 0 Å². The van der Waals surface area contributed by atoms with Crippen LogP contribution in [0.1, 0.15) is 52.4 Å². The molecule has 0 aromatic rings. The van der Waals surface area contributed by atoms with Crippen molar-refractivity contribution in [3.8, 4) is 0 Å². The van der Waals surface area contributed by atoms with Crippen LogP contribution in [0.2, 0.25) is 0 Å². The number of likely N-dealkylation sites (tertiary alicyclic amines) is 1. The third-order valence-electron chi connectivity index (χ3n) is 5.31. The summed E-state index contributed by atoms with van der Waals surface area (Å²) >= 11 is 0. The van der Waals surface area contributed by atoms with E-state index in [1.807, 2.05) is 0 Å². The molecule has 5 N–H and O–H groups in total. The predicted molar refractivity (Wildman–Crippen MR) is 90.7 cm³/mol. The van der Waals surface area contributed by atoms with E-state index in [2.05, 4.69) is 19.2 Å². The molecule has 7 nitrogen and oxygen atoms in total.